The maximum Gasteiger partial charge on any atom is 0.153 e. The fraction of sp³-hybridized carbons (Fsp3) is 0.167. The Morgan fingerprint density at radius 2 is 2.00 bits per heavy atom. The third-order valence-corrected chi connectivity index (χ3v) is 2.45. The zero-order chi connectivity index (χ0) is 12.3. The van der Waals surface area contributed by atoms with E-state index in [0.29, 0.717) is 11.0 Å². The first-order valence-electron chi connectivity index (χ1n) is 5.10. The molecule has 0 aliphatic carbocycles. The minimum absolute atomic E-state index is 0.367. The van der Waals surface area contributed by atoms with Crippen molar-refractivity contribution in [3.63, 3.8) is 0 Å². The summed E-state index contributed by atoms with van der Waals surface area (Å²) in [7, 11) is 1.63. The van der Waals surface area contributed by atoms with E-state index < -0.39 is 0 Å². The van der Waals surface area contributed by atoms with Gasteiger partial charge in [-0.15, -0.1) is 10.2 Å². The Balaban J connectivity index is 2.28. The van der Waals surface area contributed by atoms with E-state index in [-0.39, 0.29) is 0 Å². The number of benzene rings is 1. The average Bonchev–Trinajstić information content (AvgIpc) is 2.32. The number of halogens is 1. The molecule has 0 atom stereocenters. The van der Waals surface area contributed by atoms with Crippen molar-refractivity contribution in [3.8, 4) is 5.75 Å². The van der Waals surface area contributed by atoms with Crippen molar-refractivity contribution < 1.29 is 4.74 Å². The first-order chi connectivity index (χ1) is 8.19. The zero-order valence-corrected chi connectivity index (χ0v) is 10.3. The standard InChI is InChI=1S/C12H12ClN3O/c1-8-3-4-10(17-2)9(7-8)14-12-6-5-11(13)15-16-12/h3-7H,1-2H3,(H,14,16). The molecule has 0 bridgehead atoms. The van der Waals surface area contributed by atoms with Gasteiger partial charge in [0.15, 0.2) is 11.0 Å². The van der Waals surface area contributed by atoms with Gasteiger partial charge in [0.25, 0.3) is 0 Å². The molecular weight excluding hydrogens is 238 g/mol. The minimum Gasteiger partial charge on any atom is -0.495 e. The Labute approximate surface area is 105 Å². The minimum atomic E-state index is 0.367. The average molecular weight is 250 g/mol. The number of nitrogens with zero attached hydrogens (tertiary/aromatic N) is 2. The first kappa shape index (κ1) is 11.7. The molecule has 0 aliphatic rings. The molecule has 0 spiro atoms. The molecule has 1 heterocycles. The largest absolute Gasteiger partial charge is 0.495 e. The zero-order valence-electron chi connectivity index (χ0n) is 9.57. The number of nitrogens with one attached hydrogen (secondary N) is 1. The van der Waals surface area contributed by atoms with E-state index in [4.69, 9.17) is 16.3 Å². The molecule has 4 nitrogen and oxygen atoms in total. The van der Waals surface area contributed by atoms with E-state index in [9.17, 15) is 0 Å². The quantitative estimate of drug-likeness (QED) is 0.908. The van der Waals surface area contributed by atoms with Crippen molar-refractivity contribution in [2.24, 2.45) is 0 Å². The van der Waals surface area contributed by atoms with Crippen LogP contribution in [0.3, 0.4) is 0 Å². The van der Waals surface area contributed by atoms with Gasteiger partial charge in [0.2, 0.25) is 0 Å². The van der Waals surface area contributed by atoms with Crippen molar-refractivity contribution in [2.75, 3.05) is 12.4 Å². The molecule has 0 radical (unpaired) electrons. The van der Waals surface area contributed by atoms with Crippen LogP contribution >= 0.6 is 11.6 Å². The number of hydrogen-bond donors (Lipinski definition) is 1. The van der Waals surface area contributed by atoms with Crippen LogP contribution in [0.15, 0.2) is 30.3 Å². The Kier molecular flexibility index (Phi) is 3.44. The van der Waals surface area contributed by atoms with Gasteiger partial charge in [-0.1, -0.05) is 17.7 Å². The highest BCUT2D eigenvalue weighted by Crippen LogP contribution is 2.27. The molecule has 5 heteroatoms. The van der Waals surface area contributed by atoms with E-state index in [2.05, 4.69) is 15.5 Å². The number of aryl methyl sites for hydroxylation is 1. The smallest absolute Gasteiger partial charge is 0.153 e. The molecule has 88 valence electrons. The topological polar surface area (TPSA) is 47.0 Å². The van der Waals surface area contributed by atoms with Crippen LogP contribution in [0.2, 0.25) is 5.15 Å². The van der Waals surface area contributed by atoms with Crippen molar-refractivity contribution in [1.29, 1.82) is 0 Å². The van der Waals surface area contributed by atoms with E-state index in [1.807, 2.05) is 25.1 Å². The SMILES string of the molecule is COc1ccc(C)cc1Nc1ccc(Cl)nn1. The molecule has 0 aliphatic heterocycles. The van der Waals surface area contributed by atoms with Crippen molar-refractivity contribution in [2.45, 2.75) is 6.92 Å². The molecule has 1 N–H and O–H groups in total. The number of methoxy groups -OCH3 is 1. The summed E-state index contributed by atoms with van der Waals surface area (Å²) < 4.78 is 5.26. The summed E-state index contributed by atoms with van der Waals surface area (Å²) in [6, 6.07) is 9.31. The summed E-state index contributed by atoms with van der Waals surface area (Å²) >= 11 is 5.67. The summed E-state index contributed by atoms with van der Waals surface area (Å²) in [5, 5.41) is 11.2. The second-order valence-corrected chi connectivity index (χ2v) is 3.96. The van der Waals surface area contributed by atoms with Gasteiger partial charge in [0.1, 0.15) is 5.75 Å². The van der Waals surface area contributed by atoms with Gasteiger partial charge in [0.05, 0.1) is 12.8 Å². The van der Waals surface area contributed by atoms with Gasteiger partial charge in [0, 0.05) is 0 Å². The van der Waals surface area contributed by atoms with Crippen LogP contribution in [0.4, 0.5) is 11.5 Å². The van der Waals surface area contributed by atoms with E-state index in [1.165, 1.54) is 0 Å². The fourth-order valence-electron chi connectivity index (χ4n) is 1.44. The molecule has 2 aromatic rings. The predicted molar refractivity (Wildman–Crippen MR) is 68.1 cm³/mol. The Morgan fingerprint density at radius 1 is 1.18 bits per heavy atom. The molecule has 1 aromatic carbocycles. The van der Waals surface area contributed by atoms with Gasteiger partial charge >= 0.3 is 0 Å². The summed E-state index contributed by atoms with van der Waals surface area (Å²) in [5.74, 6) is 1.38. The number of anilines is 2. The van der Waals surface area contributed by atoms with Gasteiger partial charge in [-0.3, -0.25) is 0 Å². The predicted octanol–water partition coefficient (Wildman–Crippen LogP) is 3.19. The molecular formula is C12H12ClN3O. The summed E-state index contributed by atoms with van der Waals surface area (Å²) in [6.45, 7) is 2.01. The molecule has 0 saturated heterocycles. The number of ether oxygens (including phenoxy) is 1. The normalized spacial score (nSPS) is 10.1. The second-order valence-electron chi connectivity index (χ2n) is 3.57. The number of rotatable bonds is 3. The van der Waals surface area contributed by atoms with Crippen molar-refractivity contribution in [1.82, 2.24) is 10.2 Å². The van der Waals surface area contributed by atoms with Gasteiger partial charge < -0.3 is 10.1 Å². The molecule has 0 saturated carbocycles. The molecule has 0 amide bonds. The monoisotopic (exact) mass is 249 g/mol. The second kappa shape index (κ2) is 5.01. The lowest BCUT2D eigenvalue weighted by atomic mass is 10.2. The van der Waals surface area contributed by atoms with Crippen LogP contribution in [0.1, 0.15) is 5.56 Å². The summed E-state index contributed by atoms with van der Waals surface area (Å²) in [4.78, 5) is 0. The highest BCUT2D eigenvalue weighted by Gasteiger charge is 2.04. The lowest BCUT2D eigenvalue weighted by Gasteiger charge is -2.10. The van der Waals surface area contributed by atoms with Crippen molar-refractivity contribution >= 4 is 23.1 Å². The van der Waals surface area contributed by atoms with Crippen LogP contribution < -0.4 is 10.1 Å². The van der Waals surface area contributed by atoms with E-state index in [0.717, 1.165) is 17.0 Å². The van der Waals surface area contributed by atoms with Crippen LogP contribution in [0.5, 0.6) is 5.75 Å². The van der Waals surface area contributed by atoms with E-state index >= 15 is 0 Å². The maximum absolute atomic E-state index is 5.67. The maximum atomic E-state index is 5.67. The number of aromatic nitrogens is 2. The molecule has 0 fully saturated rings. The van der Waals surface area contributed by atoms with Crippen LogP contribution in [0, 0.1) is 6.92 Å². The summed E-state index contributed by atoms with van der Waals surface area (Å²) in [5.41, 5.74) is 1.99. The first-order valence-corrected chi connectivity index (χ1v) is 5.48. The molecule has 17 heavy (non-hydrogen) atoms. The van der Waals surface area contributed by atoms with Crippen molar-refractivity contribution in [3.05, 3.63) is 41.0 Å². The lowest BCUT2D eigenvalue weighted by molar-refractivity contribution is 0.416. The van der Waals surface area contributed by atoms with Crippen LogP contribution in [-0.2, 0) is 0 Å². The Bertz CT molecular complexity index is 514. The highest BCUT2D eigenvalue weighted by atomic mass is 35.5. The Morgan fingerprint density at radius 3 is 2.65 bits per heavy atom. The highest BCUT2D eigenvalue weighted by molar-refractivity contribution is 6.29. The van der Waals surface area contributed by atoms with Crippen LogP contribution in [0.25, 0.3) is 0 Å². The number of hydrogen-bond acceptors (Lipinski definition) is 4. The Hall–Kier alpha value is -1.81. The van der Waals surface area contributed by atoms with E-state index in [1.54, 1.807) is 19.2 Å². The van der Waals surface area contributed by atoms with Gasteiger partial charge in [-0.25, -0.2) is 0 Å². The molecule has 2 rings (SSSR count). The van der Waals surface area contributed by atoms with Gasteiger partial charge in [-0.05, 0) is 36.8 Å². The molecule has 0 unspecified atom stereocenters. The third-order valence-electron chi connectivity index (χ3n) is 2.25. The van der Waals surface area contributed by atoms with Gasteiger partial charge in [-0.2, -0.15) is 0 Å². The fourth-order valence-corrected chi connectivity index (χ4v) is 1.54. The van der Waals surface area contributed by atoms with Crippen LogP contribution in [-0.4, -0.2) is 17.3 Å². The lowest BCUT2D eigenvalue weighted by Crippen LogP contribution is -1.98. The summed E-state index contributed by atoms with van der Waals surface area (Å²) in [6.07, 6.45) is 0. The molecule has 1 aromatic heterocycles. The third kappa shape index (κ3) is 2.85.